The van der Waals surface area contributed by atoms with Crippen molar-refractivity contribution in [1.29, 1.82) is 0 Å². The summed E-state index contributed by atoms with van der Waals surface area (Å²) in [6.07, 6.45) is 27.2. The molecule has 0 radical (unpaired) electrons. The van der Waals surface area contributed by atoms with Gasteiger partial charge in [-0.05, 0) is 0 Å². The molecule has 0 aromatic carbocycles. The molecule has 0 saturated heterocycles. The van der Waals surface area contributed by atoms with Gasteiger partial charge in [0.2, 0.25) is 0 Å². The monoisotopic (exact) mass is 456 g/mol. The zero-order valence-electron chi connectivity index (χ0n) is 15.3. The van der Waals surface area contributed by atoms with Crippen molar-refractivity contribution >= 4 is 24.8 Å². The molecular formula is C22H32Cl2Zr. The van der Waals surface area contributed by atoms with Crippen LogP contribution in [0.4, 0.5) is 0 Å². The molecule has 0 aromatic heterocycles. The smallest absolute Gasteiger partial charge is 0.147 e. The first-order chi connectivity index (χ1) is 11.4. The van der Waals surface area contributed by atoms with E-state index in [-0.39, 0.29) is 24.8 Å². The quantitative estimate of drug-likeness (QED) is 0.386. The van der Waals surface area contributed by atoms with Crippen LogP contribution in [-0.2, 0) is 23.2 Å². The van der Waals surface area contributed by atoms with Crippen molar-refractivity contribution in [3.05, 3.63) is 42.0 Å². The second-order valence-electron chi connectivity index (χ2n) is 8.05. The van der Waals surface area contributed by atoms with Crippen LogP contribution in [0.2, 0.25) is 0 Å². The SMILES string of the molecule is C1=CC(CC2CCCC2)=[C]([Zr][C]2=C(CC3CCCC3)C=CC2)C1.Cl.Cl. The summed E-state index contributed by atoms with van der Waals surface area (Å²) in [4.78, 5) is 0. The average Bonchev–Trinajstić information content (AvgIpc) is 3.32. The van der Waals surface area contributed by atoms with Crippen LogP contribution in [0.15, 0.2) is 42.0 Å². The molecule has 2 saturated carbocycles. The standard InChI is InChI=1S/2C11H15.2ClH.Zr/c2*1-2-6-10(5-1)9-11-7-3-4-8-11;;;/h2*1,5,11H,2-4,7-9H2;2*1H;. The Bertz CT molecular complexity index is 509. The van der Waals surface area contributed by atoms with Crippen LogP contribution in [0.25, 0.3) is 0 Å². The van der Waals surface area contributed by atoms with E-state index in [0.717, 1.165) is 11.8 Å². The van der Waals surface area contributed by atoms with E-state index in [1.54, 1.807) is 11.1 Å². The van der Waals surface area contributed by atoms with Gasteiger partial charge in [-0.25, -0.2) is 0 Å². The minimum absolute atomic E-state index is 0. The van der Waals surface area contributed by atoms with Crippen LogP contribution in [0.3, 0.4) is 0 Å². The Balaban J connectivity index is 0.00000113. The summed E-state index contributed by atoms with van der Waals surface area (Å²) in [6, 6.07) is 0. The second-order valence-corrected chi connectivity index (χ2v) is 11.6. The number of rotatable bonds is 6. The number of halogens is 2. The van der Waals surface area contributed by atoms with Gasteiger partial charge >= 0.3 is 154 Å². The molecule has 0 unspecified atom stereocenters. The van der Waals surface area contributed by atoms with Crippen molar-refractivity contribution in [2.75, 3.05) is 0 Å². The maximum Gasteiger partial charge on any atom is -0.147 e. The summed E-state index contributed by atoms with van der Waals surface area (Å²) in [5, 5.41) is 0. The molecule has 0 heterocycles. The van der Waals surface area contributed by atoms with Crippen molar-refractivity contribution in [3.63, 3.8) is 0 Å². The molecule has 0 atom stereocenters. The van der Waals surface area contributed by atoms with Crippen LogP contribution in [-0.4, -0.2) is 0 Å². The zero-order valence-corrected chi connectivity index (χ0v) is 19.4. The van der Waals surface area contributed by atoms with Crippen LogP contribution in [0, 0.1) is 11.8 Å². The molecule has 0 bridgehead atoms. The molecule has 4 aliphatic carbocycles. The summed E-state index contributed by atoms with van der Waals surface area (Å²) in [5.41, 5.74) is 3.56. The zero-order chi connectivity index (χ0) is 15.5. The summed E-state index contributed by atoms with van der Waals surface area (Å²) >= 11 is -0.495. The second kappa shape index (κ2) is 10.7. The van der Waals surface area contributed by atoms with E-state index in [2.05, 4.69) is 24.3 Å². The molecule has 4 rings (SSSR count). The normalized spacial score (nSPS) is 23.5. The molecule has 0 nitrogen and oxygen atoms in total. The molecule has 0 spiro atoms. The summed E-state index contributed by atoms with van der Waals surface area (Å²) < 4.78 is 3.84. The fraction of sp³-hybridized carbons (Fsp3) is 0.636. The Morgan fingerprint density at radius 2 is 1.08 bits per heavy atom. The maximum atomic E-state index is 2.49. The third-order valence-corrected chi connectivity index (χ3v) is 10.4. The van der Waals surface area contributed by atoms with Gasteiger partial charge < -0.3 is 0 Å². The minimum atomic E-state index is -0.495. The van der Waals surface area contributed by atoms with Crippen LogP contribution in [0.1, 0.15) is 77.0 Å². The van der Waals surface area contributed by atoms with E-state index in [9.17, 15) is 0 Å². The predicted molar refractivity (Wildman–Crippen MR) is 109 cm³/mol. The number of hydrogen-bond donors (Lipinski definition) is 0. The molecule has 0 aromatic rings. The number of hydrogen-bond acceptors (Lipinski definition) is 0. The average molecular weight is 459 g/mol. The summed E-state index contributed by atoms with van der Waals surface area (Å²) in [5.74, 6) is 2.02. The van der Waals surface area contributed by atoms with Gasteiger partial charge in [0.25, 0.3) is 0 Å². The molecule has 0 N–H and O–H groups in total. The third-order valence-electron chi connectivity index (χ3n) is 6.33. The first-order valence-corrected chi connectivity index (χ1v) is 12.4. The Hall–Kier alpha value is 0.423. The molecule has 3 heteroatoms. The molecule has 4 aliphatic rings. The molecule has 0 amide bonds. The fourth-order valence-electron chi connectivity index (χ4n) is 4.98. The summed E-state index contributed by atoms with van der Waals surface area (Å²) in [7, 11) is 0. The van der Waals surface area contributed by atoms with Gasteiger partial charge in [-0.2, -0.15) is 0 Å². The van der Waals surface area contributed by atoms with Crippen molar-refractivity contribution < 1.29 is 23.2 Å². The minimum Gasteiger partial charge on any atom is -0.147 e. The first kappa shape index (κ1) is 21.7. The van der Waals surface area contributed by atoms with Crippen LogP contribution < -0.4 is 0 Å². The Labute approximate surface area is 178 Å². The van der Waals surface area contributed by atoms with E-state index in [4.69, 9.17) is 0 Å². The fourth-order valence-corrected chi connectivity index (χ4v) is 8.66. The maximum absolute atomic E-state index is 2.49. The third kappa shape index (κ3) is 5.70. The molecule has 25 heavy (non-hydrogen) atoms. The molecule has 2 fully saturated rings. The Morgan fingerprint density at radius 1 is 0.680 bits per heavy atom. The van der Waals surface area contributed by atoms with Crippen molar-refractivity contribution in [2.24, 2.45) is 11.8 Å². The predicted octanol–water partition coefficient (Wildman–Crippen LogP) is 7.50. The van der Waals surface area contributed by atoms with Crippen molar-refractivity contribution in [1.82, 2.24) is 0 Å². The van der Waals surface area contributed by atoms with Crippen molar-refractivity contribution in [2.45, 2.75) is 77.0 Å². The van der Waals surface area contributed by atoms with E-state index >= 15 is 0 Å². The molecule has 138 valence electrons. The van der Waals surface area contributed by atoms with Gasteiger partial charge in [-0.3, -0.25) is 0 Å². The van der Waals surface area contributed by atoms with E-state index in [0.29, 0.717) is 0 Å². The van der Waals surface area contributed by atoms with Crippen LogP contribution in [0.5, 0.6) is 0 Å². The Morgan fingerprint density at radius 3 is 1.48 bits per heavy atom. The van der Waals surface area contributed by atoms with Gasteiger partial charge in [0.05, 0.1) is 0 Å². The molecular weight excluding hydrogens is 426 g/mol. The largest absolute Gasteiger partial charge is 0.147 e. The van der Waals surface area contributed by atoms with Crippen molar-refractivity contribution in [3.8, 4) is 0 Å². The first-order valence-electron chi connectivity index (χ1n) is 9.92. The topological polar surface area (TPSA) is 0 Å². The van der Waals surface area contributed by atoms with Gasteiger partial charge in [0.15, 0.2) is 0 Å². The van der Waals surface area contributed by atoms with Gasteiger partial charge in [0.1, 0.15) is 0 Å². The van der Waals surface area contributed by atoms with Crippen LogP contribution >= 0.6 is 24.8 Å². The van der Waals surface area contributed by atoms with E-state index in [1.807, 2.05) is 6.56 Å². The number of allylic oxidation sites excluding steroid dienone is 8. The van der Waals surface area contributed by atoms with Gasteiger partial charge in [-0.1, -0.05) is 0 Å². The van der Waals surface area contributed by atoms with Gasteiger partial charge in [0, 0.05) is 0 Å². The molecule has 0 aliphatic heterocycles. The Kier molecular flexibility index (Phi) is 9.28. The van der Waals surface area contributed by atoms with Gasteiger partial charge in [-0.15, -0.1) is 24.8 Å². The van der Waals surface area contributed by atoms with E-state index < -0.39 is 23.2 Å². The van der Waals surface area contributed by atoms with E-state index in [1.165, 1.54) is 77.0 Å². The summed E-state index contributed by atoms with van der Waals surface area (Å²) in [6.45, 7) is 0.